The number of rotatable bonds is 7. The molecule has 158 valence electrons. The Labute approximate surface area is 178 Å². The van der Waals surface area contributed by atoms with E-state index in [1.165, 1.54) is 0 Å². The lowest BCUT2D eigenvalue weighted by molar-refractivity contribution is -0.136. The molecular weight excluding hydrogens is 376 g/mol. The average Bonchev–Trinajstić information content (AvgIpc) is 3.11. The molecule has 0 unspecified atom stereocenters. The fourth-order valence-corrected chi connectivity index (χ4v) is 4.13. The van der Waals surface area contributed by atoms with Crippen molar-refractivity contribution in [2.75, 3.05) is 0 Å². The number of carbonyl (C=O) groups is 2. The smallest absolute Gasteiger partial charge is 0.408 e. The topological polar surface area (TPSA) is 58.6 Å². The molecule has 2 aromatic rings. The van der Waals surface area contributed by atoms with E-state index in [0.29, 0.717) is 0 Å². The van der Waals surface area contributed by atoms with Crippen molar-refractivity contribution in [2.45, 2.75) is 57.3 Å². The van der Waals surface area contributed by atoms with Gasteiger partial charge in [0.25, 0.3) is 0 Å². The van der Waals surface area contributed by atoms with Crippen LogP contribution in [0.4, 0.5) is 4.79 Å². The Kier molecular flexibility index (Phi) is 7.28. The Hall–Kier alpha value is -3.08. The highest BCUT2D eigenvalue weighted by atomic mass is 16.5. The Morgan fingerprint density at radius 3 is 2.20 bits per heavy atom. The van der Waals surface area contributed by atoms with E-state index < -0.39 is 12.1 Å². The predicted octanol–water partition coefficient (Wildman–Crippen LogP) is 4.65. The zero-order valence-corrected chi connectivity index (χ0v) is 17.7. The number of ether oxygens (including phenoxy) is 1. The molecule has 0 spiro atoms. The maximum Gasteiger partial charge on any atom is 0.408 e. The molecule has 1 N–H and O–H groups in total. The Morgan fingerprint density at radius 1 is 1.07 bits per heavy atom. The van der Waals surface area contributed by atoms with Gasteiger partial charge in [-0.25, -0.2) is 4.79 Å². The van der Waals surface area contributed by atoms with Gasteiger partial charge in [0, 0.05) is 18.0 Å². The second-order valence-electron chi connectivity index (χ2n) is 7.88. The lowest BCUT2D eigenvalue weighted by Gasteiger charge is -2.33. The van der Waals surface area contributed by atoms with E-state index in [4.69, 9.17) is 4.74 Å². The maximum atomic E-state index is 13.6. The standard InChI is InChI=1S/C25H30N2O3/c1-4-22(21-13-9-6-10-14-21)23(24(28)27-18(2)15-16-19(27)3)26-25(29)30-17-20-11-7-5-8-12-20/h4-14,18-19,22-23H,1,15-17H2,2-3H3,(H,26,29)/t18-,19-,22+,23-/m1/s1. The van der Waals surface area contributed by atoms with Crippen molar-refractivity contribution in [3.05, 3.63) is 84.4 Å². The van der Waals surface area contributed by atoms with Crippen LogP contribution in [0.1, 0.15) is 43.7 Å². The summed E-state index contributed by atoms with van der Waals surface area (Å²) < 4.78 is 5.40. The lowest BCUT2D eigenvalue weighted by atomic mass is 9.90. The normalized spacial score (nSPS) is 20.3. The van der Waals surface area contributed by atoms with Gasteiger partial charge in [0.05, 0.1) is 0 Å². The SMILES string of the molecule is C=C[C@@H](c1ccccc1)[C@@H](NC(=O)OCc1ccccc1)C(=O)N1[C@H](C)CC[C@H]1C. The Bertz CT molecular complexity index is 843. The fraction of sp³-hybridized carbons (Fsp3) is 0.360. The van der Waals surface area contributed by atoms with Gasteiger partial charge in [-0.3, -0.25) is 4.79 Å². The molecule has 0 aliphatic carbocycles. The molecule has 0 saturated carbocycles. The first-order valence-electron chi connectivity index (χ1n) is 10.5. The van der Waals surface area contributed by atoms with Crippen LogP contribution in [-0.4, -0.2) is 35.0 Å². The molecule has 5 nitrogen and oxygen atoms in total. The van der Waals surface area contributed by atoms with Crippen molar-refractivity contribution >= 4 is 12.0 Å². The van der Waals surface area contributed by atoms with E-state index >= 15 is 0 Å². The highest BCUT2D eigenvalue weighted by molar-refractivity contribution is 5.87. The van der Waals surface area contributed by atoms with Gasteiger partial charge in [0.1, 0.15) is 12.6 Å². The predicted molar refractivity (Wildman–Crippen MR) is 118 cm³/mol. The second-order valence-corrected chi connectivity index (χ2v) is 7.88. The average molecular weight is 407 g/mol. The van der Waals surface area contributed by atoms with Crippen LogP contribution in [0.25, 0.3) is 0 Å². The zero-order chi connectivity index (χ0) is 21.5. The Morgan fingerprint density at radius 2 is 1.63 bits per heavy atom. The van der Waals surface area contributed by atoms with Gasteiger partial charge in [0.2, 0.25) is 5.91 Å². The highest BCUT2D eigenvalue weighted by Gasteiger charge is 2.39. The summed E-state index contributed by atoms with van der Waals surface area (Å²) in [5.41, 5.74) is 1.81. The number of hydrogen-bond acceptors (Lipinski definition) is 3. The number of benzene rings is 2. The molecule has 1 saturated heterocycles. The van der Waals surface area contributed by atoms with Crippen molar-refractivity contribution in [1.82, 2.24) is 10.2 Å². The molecule has 1 fully saturated rings. The first-order valence-corrected chi connectivity index (χ1v) is 10.5. The lowest BCUT2D eigenvalue weighted by Crippen LogP contribution is -2.53. The van der Waals surface area contributed by atoms with Crippen LogP contribution in [0.5, 0.6) is 0 Å². The van der Waals surface area contributed by atoms with E-state index in [1.807, 2.05) is 65.6 Å². The first-order chi connectivity index (χ1) is 14.5. The van der Waals surface area contributed by atoms with Gasteiger partial charge in [0.15, 0.2) is 0 Å². The quantitative estimate of drug-likeness (QED) is 0.681. The molecule has 0 radical (unpaired) electrons. The third-order valence-corrected chi connectivity index (χ3v) is 5.76. The zero-order valence-electron chi connectivity index (χ0n) is 17.7. The summed E-state index contributed by atoms with van der Waals surface area (Å²) in [5.74, 6) is -0.458. The molecular formula is C25H30N2O3. The van der Waals surface area contributed by atoms with Crippen LogP contribution in [0.3, 0.4) is 0 Å². The van der Waals surface area contributed by atoms with Crippen LogP contribution in [0.2, 0.25) is 0 Å². The van der Waals surface area contributed by atoms with Crippen LogP contribution in [0, 0.1) is 0 Å². The van der Waals surface area contributed by atoms with Crippen molar-refractivity contribution in [2.24, 2.45) is 0 Å². The number of amides is 2. The third-order valence-electron chi connectivity index (χ3n) is 5.76. The molecule has 2 amide bonds. The van der Waals surface area contributed by atoms with E-state index in [-0.39, 0.29) is 30.5 Å². The number of alkyl carbamates (subject to hydrolysis) is 1. The molecule has 1 heterocycles. The van der Waals surface area contributed by atoms with Crippen LogP contribution in [0.15, 0.2) is 73.3 Å². The van der Waals surface area contributed by atoms with Crippen LogP contribution < -0.4 is 5.32 Å². The molecule has 0 bridgehead atoms. The van der Waals surface area contributed by atoms with Crippen molar-refractivity contribution in [3.8, 4) is 0 Å². The minimum absolute atomic E-state index is 0.0992. The van der Waals surface area contributed by atoms with E-state index in [9.17, 15) is 9.59 Å². The molecule has 0 aromatic heterocycles. The van der Waals surface area contributed by atoms with Crippen molar-refractivity contribution in [3.63, 3.8) is 0 Å². The molecule has 3 rings (SSSR count). The molecule has 1 aliphatic rings. The summed E-state index contributed by atoms with van der Waals surface area (Å²) in [6.07, 6.45) is 3.03. The number of nitrogens with one attached hydrogen (secondary N) is 1. The summed E-state index contributed by atoms with van der Waals surface area (Å²) in [7, 11) is 0. The minimum Gasteiger partial charge on any atom is -0.445 e. The second kappa shape index (κ2) is 10.1. The molecule has 5 heteroatoms. The summed E-state index contributed by atoms with van der Waals surface area (Å²) in [6, 6.07) is 18.6. The van der Waals surface area contributed by atoms with Crippen LogP contribution in [-0.2, 0) is 16.1 Å². The monoisotopic (exact) mass is 406 g/mol. The van der Waals surface area contributed by atoms with Gasteiger partial charge in [-0.15, -0.1) is 6.58 Å². The minimum atomic E-state index is -0.781. The Balaban J connectivity index is 1.80. The highest BCUT2D eigenvalue weighted by Crippen LogP contribution is 2.29. The summed E-state index contributed by atoms with van der Waals surface area (Å²) in [4.78, 5) is 28.1. The molecule has 4 atom stereocenters. The fourth-order valence-electron chi connectivity index (χ4n) is 4.13. The molecule has 30 heavy (non-hydrogen) atoms. The molecule has 2 aromatic carbocycles. The van der Waals surface area contributed by atoms with Gasteiger partial charge >= 0.3 is 6.09 Å². The van der Waals surface area contributed by atoms with Gasteiger partial charge < -0.3 is 15.0 Å². The number of likely N-dealkylation sites (tertiary alicyclic amines) is 1. The largest absolute Gasteiger partial charge is 0.445 e. The van der Waals surface area contributed by atoms with E-state index in [1.54, 1.807) is 6.08 Å². The van der Waals surface area contributed by atoms with E-state index in [0.717, 1.165) is 24.0 Å². The van der Waals surface area contributed by atoms with Gasteiger partial charge in [-0.05, 0) is 37.8 Å². The summed E-state index contributed by atoms with van der Waals surface area (Å²) in [5, 5.41) is 2.83. The number of hydrogen-bond donors (Lipinski definition) is 1. The van der Waals surface area contributed by atoms with E-state index in [2.05, 4.69) is 25.7 Å². The van der Waals surface area contributed by atoms with Crippen LogP contribution >= 0.6 is 0 Å². The third kappa shape index (κ3) is 5.09. The summed E-state index contributed by atoms with van der Waals surface area (Å²) in [6.45, 7) is 8.20. The molecule has 1 aliphatic heterocycles. The number of nitrogens with zero attached hydrogens (tertiary/aromatic N) is 1. The summed E-state index contributed by atoms with van der Waals surface area (Å²) >= 11 is 0. The van der Waals surface area contributed by atoms with Crippen molar-refractivity contribution < 1.29 is 14.3 Å². The van der Waals surface area contributed by atoms with Gasteiger partial charge in [-0.2, -0.15) is 0 Å². The van der Waals surface area contributed by atoms with Gasteiger partial charge in [-0.1, -0.05) is 66.7 Å². The van der Waals surface area contributed by atoms with Crippen molar-refractivity contribution in [1.29, 1.82) is 0 Å². The first kappa shape index (κ1) is 21.6. The maximum absolute atomic E-state index is 13.6. The number of carbonyl (C=O) groups excluding carboxylic acids is 2.